The Balaban J connectivity index is 4.31. The van der Waals surface area contributed by atoms with Crippen LogP contribution in [0.5, 0.6) is 0 Å². The summed E-state index contributed by atoms with van der Waals surface area (Å²) in [5.74, 6) is -1.48. The minimum atomic E-state index is -0.878. The zero-order valence-electron chi connectivity index (χ0n) is 39.4. The molecule has 0 fully saturated rings. The van der Waals surface area contributed by atoms with E-state index in [1.165, 1.54) is 83.5 Å². The number of unbranched alkanes of at least 4 members (excludes halogenated alkanes) is 19. The fourth-order valence-electron chi connectivity index (χ4n) is 6.94. The molecule has 0 aromatic carbocycles. The second-order valence-corrected chi connectivity index (χ2v) is 17.3. The molecule has 0 heterocycles. The van der Waals surface area contributed by atoms with Crippen molar-refractivity contribution in [3.8, 4) is 0 Å². The smallest absolute Gasteiger partial charge is 0.362 e. The van der Waals surface area contributed by atoms with Gasteiger partial charge < -0.3 is 23.8 Å². The van der Waals surface area contributed by atoms with Crippen molar-refractivity contribution in [1.82, 2.24) is 0 Å². The minimum absolute atomic E-state index is 0.0548. The number of carbonyl (C=O) groups excluding carboxylic acids is 2. The summed E-state index contributed by atoms with van der Waals surface area (Å²) in [5, 5.41) is 9.64. The fraction of sp³-hybridized carbons (Fsp3) is 0.750. The number of hydrogen-bond acceptors (Lipinski definition) is 6. The monoisotopic (exact) mass is 843 g/mol. The molecule has 0 aromatic heterocycles. The van der Waals surface area contributed by atoms with Crippen LogP contribution in [0.4, 0.5) is 0 Å². The number of carboxylic acid groups (broad SMARTS) is 1. The first-order chi connectivity index (χ1) is 29.1. The van der Waals surface area contributed by atoms with Gasteiger partial charge in [0.2, 0.25) is 0 Å². The van der Waals surface area contributed by atoms with E-state index in [-0.39, 0.29) is 36.2 Å². The zero-order chi connectivity index (χ0) is 44.2. The highest BCUT2D eigenvalue weighted by Gasteiger charge is 2.31. The average Bonchev–Trinajstić information content (AvgIpc) is 3.21. The predicted molar refractivity (Wildman–Crippen MR) is 252 cm³/mol. The summed E-state index contributed by atoms with van der Waals surface area (Å²) in [6, 6.07) is -0.619. The van der Waals surface area contributed by atoms with Crippen LogP contribution >= 0.6 is 0 Å². The highest BCUT2D eigenvalue weighted by Crippen LogP contribution is 2.15. The molecule has 0 spiro atoms. The lowest BCUT2D eigenvalue weighted by Crippen LogP contribution is -2.50. The van der Waals surface area contributed by atoms with Gasteiger partial charge in [0.15, 0.2) is 12.1 Å². The molecule has 346 valence electrons. The summed E-state index contributed by atoms with van der Waals surface area (Å²) in [7, 11) is 5.52. The molecule has 1 N–H and O–H groups in total. The molecule has 0 aromatic rings. The van der Waals surface area contributed by atoms with Crippen molar-refractivity contribution in [3.63, 3.8) is 0 Å². The fourth-order valence-corrected chi connectivity index (χ4v) is 6.94. The van der Waals surface area contributed by atoms with Crippen LogP contribution in [-0.2, 0) is 28.6 Å². The second-order valence-electron chi connectivity index (χ2n) is 17.3. The number of quaternary nitrogens is 1. The van der Waals surface area contributed by atoms with Gasteiger partial charge in [0, 0.05) is 19.3 Å². The summed E-state index contributed by atoms with van der Waals surface area (Å²) >= 11 is 0. The number of carbonyl (C=O) groups is 3. The number of rotatable bonds is 43. The molecule has 0 aliphatic carbocycles. The van der Waals surface area contributed by atoms with E-state index in [1.54, 1.807) is 0 Å². The van der Waals surface area contributed by atoms with Gasteiger partial charge in [0.1, 0.15) is 6.61 Å². The topological polar surface area (TPSA) is 99.1 Å². The molecule has 0 aliphatic heterocycles. The van der Waals surface area contributed by atoms with Gasteiger partial charge >= 0.3 is 17.9 Å². The molecule has 0 saturated heterocycles. The quantitative estimate of drug-likeness (QED) is 0.0282. The lowest BCUT2D eigenvalue weighted by molar-refractivity contribution is -0.887. The van der Waals surface area contributed by atoms with Gasteiger partial charge in [-0.15, -0.1) is 0 Å². The molecule has 8 heteroatoms. The first-order valence-corrected chi connectivity index (χ1v) is 24.3. The van der Waals surface area contributed by atoms with E-state index in [0.29, 0.717) is 19.3 Å². The molecule has 0 saturated carbocycles. The number of hydrogen-bond donors (Lipinski definition) is 1. The summed E-state index contributed by atoms with van der Waals surface area (Å²) < 4.78 is 17.3. The predicted octanol–water partition coefficient (Wildman–Crippen LogP) is 13.8. The van der Waals surface area contributed by atoms with E-state index in [4.69, 9.17) is 14.2 Å². The first kappa shape index (κ1) is 57.0. The van der Waals surface area contributed by atoms with E-state index < -0.39 is 18.1 Å². The van der Waals surface area contributed by atoms with Crippen LogP contribution in [0.1, 0.15) is 200 Å². The summed E-state index contributed by atoms with van der Waals surface area (Å²) in [4.78, 5) is 37.1. The number of esters is 2. The molecule has 0 radical (unpaired) electrons. The number of nitrogens with zero attached hydrogens (tertiary/aromatic N) is 1. The van der Waals surface area contributed by atoms with Crippen molar-refractivity contribution >= 4 is 17.9 Å². The molecule has 0 rings (SSSR count). The number of likely N-dealkylation sites (N-methyl/N-ethyl adjacent to an activating group) is 1. The third-order valence-corrected chi connectivity index (χ3v) is 10.7. The molecule has 8 nitrogen and oxygen atoms in total. The van der Waals surface area contributed by atoms with Crippen LogP contribution in [0.15, 0.2) is 60.8 Å². The second kappa shape index (κ2) is 42.7. The lowest BCUT2D eigenvalue weighted by Gasteiger charge is -2.31. The van der Waals surface area contributed by atoms with Gasteiger partial charge in [-0.2, -0.15) is 0 Å². The zero-order valence-corrected chi connectivity index (χ0v) is 39.4. The van der Waals surface area contributed by atoms with Crippen LogP contribution in [-0.4, -0.2) is 80.6 Å². The third kappa shape index (κ3) is 40.4. The lowest BCUT2D eigenvalue weighted by atomic mass is 10.0. The Labute approximate surface area is 368 Å². The van der Waals surface area contributed by atoms with Crippen molar-refractivity contribution < 1.29 is 38.2 Å². The van der Waals surface area contributed by atoms with Gasteiger partial charge in [0.25, 0.3) is 0 Å². The molecular weight excluding hydrogens is 751 g/mol. The van der Waals surface area contributed by atoms with Gasteiger partial charge in [-0.1, -0.05) is 184 Å². The number of ether oxygens (including phenoxy) is 3. The highest BCUT2D eigenvalue weighted by atomic mass is 16.6. The molecule has 2 atom stereocenters. The van der Waals surface area contributed by atoms with Gasteiger partial charge in [-0.25, -0.2) is 4.79 Å². The Bertz CT molecular complexity index is 1170. The Kier molecular flexibility index (Phi) is 40.6. The van der Waals surface area contributed by atoms with Crippen LogP contribution in [0.3, 0.4) is 0 Å². The number of carboxylic acids is 1. The third-order valence-electron chi connectivity index (χ3n) is 10.7. The van der Waals surface area contributed by atoms with Crippen molar-refractivity contribution in [2.45, 2.75) is 212 Å². The molecule has 0 amide bonds. The molecule has 60 heavy (non-hydrogen) atoms. The van der Waals surface area contributed by atoms with Crippen molar-refractivity contribution in [2.75, 3.05) is 41.0 Å². The molecule has 0 bridgehead atoms. The van der Waals surface area contributed by atoms with Crippen molar-refractivity contribution in [2.24, 2.45) is 0 Å². The SMILES string of the molecule is CC/C=C/C/C=C/C/C=C/C/C=C/C/C=C/CCCCCCCCC(=O)OC(COCCC(C(=O)O)[N+](C)(C)C)COC(=O)CCCCCCCCCCCCCCCC. The summed E-state index contributed by atoms with van der Waals surface area (Å²) in [5.41, 5.74) is 0. The van der Waals surface area contributed by atoms with Crippen LogP contribution in [0.2, 0.25) is 0 Å². The van der Waals surface area contributed by atoms with Gasteiger partial charge in [-0.3, -0.25) is 9.59 Å². The van der Waals surface area contributed by atoms with Crippen molar-refractivity contribution in [3.05, 3.63) is 60.8 Å². The normalized spacial score (nSPS) is 13.4. The van der Waals surface area contributed by atoms with Gasteiger partial charge in [-0.05, 0) is 57.8 Å². The van der Waals surface area contributed by atoms with Crippen LogP contribution in [0, 0.1) is 0 Å². The van der Waals surface area contributed by atoms with E-state index in [1.807, 2.05) is 21.1 Å². The molecule has 2 unspecified atom stereocenters. The highest BCUT2D eigenvalue weighted by molar-refractivity contribution is 5.72. The maximum atomic E-state index is 12.8. The van der Waals surface area contributed by atoms with Crippen LogP contribution in [0.25, 0.3) is 0 Å². The molecule has 0 aliphatic rings. The Morgan fingerprint density at radius 2 is 0.933 bits per heavy atom. The van der Waals surface area contributed by atoms with Crippen LogP contribution < -0.4 is 0 Å². The van der Waals surface area contributed by atoms with E-state index >= 15 is 0 Å². The van der Waals surface area contributed by atoms with Crippen molar-refractivity contribution in [1.29, 1.82) is 0 Å². The maximum absolute atomic E-state index is 12.8. The molecular formula is C52H92NO7+. The van der Waals surface area contributed by atoms with Gasteiger partial charge in [0.05, 0.1) is 34.4 Å². The first-order valence-electron chi connectivity index (χ1n) is 24.3. The summed E-state index contributed by atoms with van der Waals surface area (Å²) in [6.07, 6.45) is 52.6. The summed E-state index contributed by atoms with van der Waals surface area (Å²) in [6.45, 7) is 4.62. The van der Waals surface area contributed by atoms with E-state index in [2.05, 4.69) is 74.6 Å². The largest absolute Gasteiger partial charge is 0.477 e. The number of aliphatic carboxylic acids is 1. The maximum Gasteiger partial charge on any atom is 0.362 e. The minimum Gasteiger partial charge on any atom is -0.477 e. The Morgan fingerprint density at radius 1 is 0.517 bits per heavy atom. The average molecular weight is 843 g/mol. The Hall–Kier alpha value is -2.97. The Morgan fingerprint density at radius 3 is 1.38 bits per heavy atom. The number of allylic oxidation sites excluding steroid dienone is 10. The standard InChI is InChI=1S/C52H91NO7/c1-6-8-10-12-14-16-18-20-22-23-24-25-26-27-28-29-31-33-35-37-39-41-43-51(55)60-48(46-58-45-44-49(52(56)57)53(3,4)5)47-59-50(54)42-40-38-36-34-32-30-21-19-17-15-13-11-9-7-2/h8,10,14,16,20,22,24-25,27-28,48-49H,6-7,9,11-13,15,17-19,21,23,26,29-47H2,1-5H3/p+1/b10-8+,16-14+,22-20+,25-24+,28-27+. The van der Waals surface area contributed by atoms with E-state index in [0.717, 1.165) is 83.5 Å². The van der Waals surface area contributed by atoms with E-state index in [9.17, 15) is 19.5 Å².